The quantitative estimate of drug-likeness (QED) is 0.708. The van der Waals surface area contributed by atoms with Gasteiger partial charge in [-0.15, -0.1) is 0 Å². The molecule has 1 atom stereocenters. The number of hydrogen-bond acceptors (Lipinski definition) is 2. The van der Waals surface area contributed by atoms with Gasteiger partial charge < -0.3 is 11.1 Å². The Labute approximate surface area is 93.8 Å². The lowest BCUT2D eigenvalue weighted by Crippen LogP contribution is -2.41. The third-order valence-corrected chi connectivity index (χ3v) is 3.09. The van der Waals surface area contributed by atoms with Crippen LogP contribution in [0.1, 0.15) is 41.0 Å². The minimum Gasteiger partial charge on any atom is -0.355 e. The average molecular weight is 214 g/mol. The maximum atomic E-state index is 11.8. The summed E-state index contributed by atoms with van der Waals surface area (Å²) in [5, 5.41) is 2.99. The zero-order valence-electron chi connectivity index (χ0n) is 10.8. The maximum absolute atomic E-state index is 11.8. The van der Waals surface area contributed by atoms with Crippen molar-refractivity contribution in [2.24, 2.45) is 23.0 Å². The predicted octanol–water partition coefficient (Wildman–Crippen LogP) is 1.77. The molecule has 1 amide bonds. The molecule has 3 N–H and O–H groups in total. The molecule has 0 saturated carbocycles. The Balaban J connectivity index is 4.13. The molecule has 0 saturated heterocycles. The Hall–Kier alpha value is -0.570. The number of rotatable bonds is 6. The molecule has 3 nitrogen and oxygen atoms in total. The van der Waals surface area contributed by atoms with E-state index in [0.717, 1.165) is 13.0 Å². The summed E-state index contributed by atoms with van der Waals surface area (Å²) in [5.41, 5.74) is 5.76. The van der Waals surface area contributed by atoms with E-state index in [2.05, 4.69) is 26.1 Å². The van der Waals surface area contributed by atoms with E-state index >= 15 is 0 Å². The summed E-state index contributed by atoms with van der Waals surface area (Å²) >= 11 is 0. The van der Waals surface area contributed by atoms with Crippen molar-refractivity contribution in [1.82, 2.24) is 5.32 Å². The van der Waals surface area contributed by atoms with Gasteiger partial charge in [0.25, 0.3) is 0 Å². The van der Waals surface area contributed by atoms with Crippen molar-refractivity contribution in [2.45, 2.75) is 41.0 Å². The smallest absolute Gasteiger partial charge is 0.224 e. The van der Waals surface area contributed by atoms with Gasteiger partial charge in [-0.05, 0) is 17.8 Å². The number of nitrogens with one attached hydrogen (secondary N) is 1. The van der Waals surface area contributed by atoms with E-state index in [-0.39, 0.29) is 17.2 Å². The molecule has 0 fully saturated rings. The summed E-state index contributed by atoms with van der Waals surface area (Å²) in [6.07, 6.45) is 1.06. The highest BCUT2D eigenvalue weighted by molar-refractivity contribution is 5.79. The fraction of sp³-hybridized carbons (Fsp3) is 0.917. The number of nitrogens with two attached hydrogens (primary N) is 1. The Morgan fingerprint density at radius 2 is 1.93 bits per heavy atom. The van der Waals surface area contributed by atoms with Crippen LogP contribution < -0.4 is 11.1 Å². The summed E-state index contributed by atoms with van der Waals surface area (Å²) in [6.45, 7) is 11.7. The Kier molecular flexibility index (Phi) is 5.88. The zero-order valence-corrected chi connectivity index (χ0v) is 10.8. The summed E-state index contributed by atoms with van der Waals surface area (Å²) in [4.78, 5) is 11.8. The Morgan fingerprint density at radius 1 is 1.40 bits per heavy atom. The molecule has 15 heavy (non-hydrogen) atoms. The van der Waals surface area contributed by atoms with Gasteiger partial charge in [-0.25, -0.2) is 0 Å². The van der Waals surface area contributed by atoms with Crippen molar-refractivity contribution in [2.75, 3.05) is 13.1 Å². The largest absolute Gasteiger partial charge is 0.355 e. The highest BCUT2D eigenvalue weighted by Crippen LogP contribution is 2.18. The number of carbonyl (C=O) groups excluding carboxylic acids is 1. The van der Waals surface area contributed by atoms with Crippen LogP contribution in [-0.2, 0) is 4.79 Å². The predicted molar refractivity (Wildman–Crippen MR) is 64.5 cm³/mol. The van der Waals surface area contributed by atoms with Gasteiger partial charge in [0, 0.05) is 13.1 Å². The van der Waals surface area contributed by atoms with Gasteiger partial charge >= 0.3 is 0 Å². The van der Waals surface area contributed by atoms with Crippen molar-refractivity contribution in [3.8, 4) is 0 Å². The molecular formula is C12H26N2O. The fourth-order valence-electron chi connectivity index (χ4n) is 1.26. The second kappa shape index (κ2) is 6.11. The van der Waals surface area contributed by atoms with Gasteiger partial charge in [-0.2, -0.15) is 0 Å². The molecule has 90 valence electrons. The molecule has 0 aliphatic heterocycles. The van der Waals surface area contributed by atoms with E-state index in [1.165, 1.54) is 0 Å². The van der Waals surface area contributed by atoms with Gasteiger partial charge in [-0.1, -0.05) is 34.6 Å². The average Bonchev–Trinajstić information content (AvgIpc) is 2.15. The van der Waals surface area contributed by atoms with E-state index in [1.54, 1.807) is 0 Å². The van der Waals surface area contributed by atoms with Crippen LogP contribution in [-0.4, -0.2) is 19.0 Å². The molecule has 0 aromatic heterocycles. The minimum atomic E-state index is -0.0577. The van der Waals surface area contributed by atoms with Crippen LogP contribution in [0.3, 0.4) is 0 Å². The monoisotopic (exact) mass is 214 g/mol. The lowest BCUT2D eigenvalue weighted by atomic mass is 9.89. The second-order valence-corrected chi connectivity index (χ2v) is 5.32. The van der Waals surface area contributed by atoms with E-state index in [9.17, 15) is 4.79 Å². The van der Waals surface area contributed by atoms with Crippen molar-refractivity contribution in [3.05, 3.63) is 0 Å². The molecule has 0 aliphatic rings. The van der Waals surface area contributed by atoms with Crippen molar-refractivity contribution in [3.63, 3.8) is 0 Å². The summed E-state index contributed by atoms with van der Waals surface area (Å²) in [6, 6.07) is 0. The minimum absolute atomic E-state index is 0.0577. The van der Waals surface area contributed by atoms with E-state index in [4.69, 9.17) is 5.73 Å². The molecule has 0 spiro atoms. The molecule has 3 heteroatoms. The van der Waals surface area contributed by atoms with Crippen LogP contribution in [0.15, 0.2) is 0 Å². The summed E-state index contributed by atoms with van der Waals surface area (Å²) in [5.74, 6) is 0.339. The number of carbonyl (C=O) groups is 1. The molecule has 0 aromatic rings. The van der Waals surface area contributed by atoms with Crippen LogP contribution in [0.5, 0.6) is 0 Å². The van der Waals surface area contributed by atoms with Crippen molar-refractivity contribution < 1.29 is 4.79 Å². The third-order valence-electron chi connectivity index (χ3n) is 3.09. The lowest BCUT2D eigenvalue weighted by Gasteiger charge is -2.25. The van der Waals surface area contributed by atoms with Gasteiger partial charge in [0.2, 0.25) is 5.91 Å². The van der Waals surface area contributed by atoms with E-state index in [1.807, 2.05) is 13.8 Å². The molecule has 1 unspecified atom stereocenters. The van der Waals surface area contributed by atoms with E-state index < -0.39 is 0 Å². The lowest BCUT2D eigenvalue weighted by molar-refractivity contribution is -0.126. The van der Waals surface area contributed by atoms with E-state index in [0.29, 0.717) is 12.5 Å². The first-order valence-electron chi connectivity index (χ1n) is 5.82. The SMILES string of the molecule is CCC(C)(C)CNC(=O)C(CN)C(C)C. The molecule has 0 rings (SSSR count). The number of amides is 1. The highest BCUT2D eigenvalue weighted by Gasteiger charge is 2.22. The molecule has 0 bridgehead atoms. The van der Waals surface area contributed by atoms with Gasteiger partial charge in [0.05, 0.1) is 5.92 Å². The van der Waals surface area contributed by atoms with Crippen molar-refractivity contribution >= 4 is 5.91 Å². The summed E-state index contributed by atoms with van der Waals surface area (Å²) in [7, 11) is 0. The molecule has 0 aliphatic carbocycles. The van der Waals surface area contributed by atoms with Gasteiger partial charge in [0.1, 0.15) is 0 Å². The first-order chi connectivity index (χ1) is 6.84. The maximum Gasteiger partial charge on any atom is 0.224 e. The number of hydrogen-bond donors (Lipinski definition) is 2. The topological polar surface area (TPSA) is 55.1 Å². The molecule has 0 radical (unpaired) electrons. The zero-order chi connectivity index (χ0) is 12.1. The molecular weight excluding hydrogens is 188 g/mol. The first kappa shape index (κ1) is 14.4. The highest BCUT2D eigenvalue weighted by atomic mass is 16.1. The summed E-state index contributed by atoms with van der Waals surface area (Å²) < 4.78 is 0. The first-order valence-corrected chi connectivity index (χ1v) is 5.82. The second-order valence-electron chi connectivity index (χ2n) is 5.32. The van der Waals surface area contributed by atoms with Gasteiger partial charge in [-0.3, -0.25) is 4.79 Å². The van der Waals surface area contributed by atoms with Crippen LogP contribution in [0.4, 0.5) is 0 Å². The molecule has 0 heterocycles. The fourth-order valence-corrected chi connectivity index (χ4v) is 1.26. The van der Waals surface area contributed by atoms with Crippen LogP contribution >= 0.6 is 0 Å². The van der Waals surface area contributed by atoms with Crippen LogP contribution in [0, 0.1) is 17.3 Å². The third kappa shape index (κ3) is 5.17. The Morgan fingerprint density at radius 3 is 2.27 bits per heavy atom. The van der Waals surface area contributed by atoms with Crippen LogP contribution in [0.25, 0.3) is 0 Å². The van der Waals surface area contributed by atoms with Gasteiger partial charge in [0.15, 0.2) is 0 Å². The standard InChI is InChI=1S/C12H26N2O/c1-6-12(4,5)8-14-11(15)10(7-13)9(2)3/h9-10H,6-8,13H2,1-5H3,(H,14,15). The van der Waals surface area contributed by atoms with Crippen LogP contribution in [0.2, 0.25) is 0 Å². The molecule has 0 aromatic carbocycles. The normalized spacial score (nSPS) is 14.1. The Bertz CT molecular complexity index is 200. The van der Waals surface area contributed by atoms with Crippen molar-refractivity contribution in [1.29, 1.82) is 0 Å².